The first-order valence-electron chi connectivity index (χ1n) is 10.7. The van der Waals surface area contributed by atoms with Gasteiger partial charge in [0.1, 0.15) is 5.75 Å². The van der Waals surface area contributed by atoms with Crippen molar-refractivity contribution in [3.05, 3.63) is 58.9 Å². The number of carbonyl (C=O) groups excluding carboxylic acids is 1. The maximum Gasteiger partial charge on any atom is 0.266 e. The first kappa shape index (κ1) is 21.4. The molecule has 1 aliphatic heterocycles. The van der Waals surface area contributed by atoms with E-state index in [0.717, 1.165) is 25.8 Å². The Labute approximate surface area is 186 Å². The summed E-state index contributed by atoms with van der Waals surface area (Å²) in [5, 5.41) is 1.03. The quantitative estimate of drug-likeness (QED) is 0.425. The average molecular weight is 438 g/mol. The fraction of sp³-hybridized carbons (Fsp3) is 0.375. The number of piperidine rings is 1. The first-order valence-corrected chi connectivity index (χ1v) is 11.7. The van der Waals surface area contributed by atoms with Crippen LogP contribution in [0.2, 0.25) is 0 Å². The number of carbonyl (C=O) groups is 1. The number of ether oxygens (including phenoxy) is 1. The van der Waals surface area contributed by atoms with Gasteiger partial charge in [0.25, 0.3) is 5.56 Å². The van der Waals surface area contributed by atoms with E-state index in [9.17, 15) is 9.59 Å². The molecule has 0 bridgehead atoms. The fourth-order valence-corrected chi connectivity index (χ4v) is 5.09. The lowest BCUT2D eigenvalue weighted by atomic mass is 10.0. The molecule has 31 heavy (non-hydrogen) atoms. The number of amides is 1. The Kier molecular flexibility index (Phi) is 6.61. The Morgan fingerprint density at radius 1 is 1.16 bits per heavy atom. The molecule has 2 aromatic carbocycles. The number of likely N-dealkylation sites (tertiary alicyclic amines) is 1. The molecular weight excluding hydrogens is 410 g/mol. The Morgan fingerprint density at radius 3 is 2.74 bits per heavy atom. The highest BCUT2D eigenvalue weighted by Gasteiger charge is 2.26. The van der Waals surface area contributed by atoms with Gasteiger partial charge in [-0.2, -0.15) is 0 Å². The number of nitrogens with zero attached hydrogens (tertiary/aromatic N) is 3. The molecule has 2 heterocycles. The zero-order valence-corrected chi connectivity index (χ0v) is 18.7. The highest BCUT2D eigenvalue weighted by atomic mass is 32.2. The second-order valence-corrected chi connectivity index (χ2v) is 8.60. The first-order chi connectivity index (χ1) is 15.1. The predicted molar refractivity (Wildman–Crippen MR) is 124 cm³/mol. The smallest absolute Gasteiger partial charge is 0.266 e. The Hall–Kier alpha value is -2.80. The summed E-state index contributed by atoms with van der Waals surface area (Å²) in [6.07, 6.45) is 4.26. The zero-order valence-electron chi connectivity index (χ0n) is 17.9. The van der Waals surface area contributed by atoms with Gasteiger partial charge >= 0.3 is 0 Å². The molecule has 1 aliphatic rings. The minimum absolute atomic E-state index is 0.102. The van der Waals surface area contributed by atoms with Gasteiger partial charge < -0.3 is 9.64 Å². The number of fused-ring (bicyclic) bond motifs is 1. The van der Waals surface area contributed by atoms with Crippen LogP contribution in [0.5, 0.6) is 5.75 Å². The number of benzene rings is 2. The molecule has 1 aromatic heterocycles. The molecule has 0 aliphatic carbocycles. The summed E-state index contributed by atoms with van der Waals surface area (Å²) in [5.41, 5.74) is 1.07. The van der Waals surface area contributed by atoms with Crippen molar-refractivity contribution in [1.29, 1.82) is 0 Å². The maximum atomic E-state index is 13.4. The average Bonchev–Trinajstić information content (AvgIpc) is 2.82. The number of rotatable bonds is 6. The molecule has 4 rings (SSSR count). The highest BCUT2D eigenvalue weighted by Crippen LogP contribution is 2.28. The molecule has 0 spiro atoms. The molecule has 1 amide bonds. The van der Waals surface area contributed by atoms with Crippen molar-refractivity contribution in [2.24, 2.45) is 0 Å². The van der Waals surface area contributed by atoms with E-state index in [-0.39, 0.29) is 17.2 Å². The van der Waals surface area contributed by atoms with Crippen molar-refractivity contribution in [3.63, 3.8) is 0 Å². The summed E-state index contributed by atoms with van der Waals surface area (Å²) in [6, 6.07) is 15.0. The monoisotopic (exact) mass is 437 g/mol. The lowest BCUT2D eigenvalue weighted by Crippen LogP contribution is -2.44. The molecule has 1 unspecified atom stereocenters. The minimum Gasteiger partial charge on any atom is -0.495 e. The van der Waals surface area contributed by atoms with Crippen LogP contribution in [0, 0.1) is 0 Å². The van der Waals surface area contributed by atoms with Crippen LogP contribution in [0.25, 0.3) is 16.6 Å². The van der Waals surface area contributed by atoms with Crippen LogP contribution in [0.15, 0.2) is 58.5 Å². The zero-order chi connectivity index (χ0) is 21.8. The molecule has 7 heteroatoms. The van der Waals surface area contributed by atoms with Gasteiger partial charge in [0, 0.05) is 12.6 Å². The Balaban J connectivity index is 1.73. The maximum absolute atomic E-state index is 13.4. The van der Waals surface area contributed by atoms with Crippen molar-refractivity contribution >= 4 is 28.6 Å². The van der Waals surface area contributed by atoms with Crippen molar-refractivity contribution in [2.45, 2.75) is 43.8 Å². The van der Waals surface area contributed by atoms with Crippen LogP contribution >= 0.6 is 11.8 Å². The van der Waals surface area contributed by atoms with Crippen molar-refractivity contribution in [1.82, 2.24) is 14.5 Å². The topological polar surface area (TPSA) is 64.4 Å². The Morgan fingerprint density at radius 2 is 1.94 bits per heavy atom. The van der Waals surface area contributed by atoms with Crippen LogP contribution in [0.4, 0.5) is 0 Å². The molecule has 1 atom stereocenters. The van der Waals surface area contributed by atoms with Gasteiger partial charge in [0.2, 0.25) is 5.91 Å². The summed E-state index contributed by atoms with van der Waals surface area (Å²) in [7, 11) is 1.58. The summed E-state index contributed by atoms with van der Waals surface area (Å²) in [5.74, 6) is 0.929. The SMILES string of the molecule is CCC1CCCCN1C(=O)CSc1nc2ccccc2c(=O)n1-c1ccccc1OC. The Bertz CT molecular complexity index is 1140. The largest absolute Gasteiger partial charge is 0.495 e. The van der Waals surface area contributed by atoms with E-state index in [2.05, 4.69) is 6.92 Å². The van der Waals surface area contributed by atoms with E-state index in [1.54, 1.807) is 17.7 Å². The van der Waals surface area contributed by atoms with Gasteiger partial charge in [-0.15, -0.1) is 0 Å². The van der Waals surface area contributed by atoms with Gasteiger partial charge in [-0.1, -0.05) is 43.0 Å². The normalized spacial score (nSPS) is 16.5. The van der Waals surface area contributed by atoms with Crippen molar-refractivity contribution < 1.29 is 9.53 Å². The summed E-state index contributed by atoms with van der Waals surface area (Å²) >= 11 is 1.31. The number of thioether (sulfide) groups is 1. The number of hydrogen-bond donors (Lipinski definition) is 0. The highest BCUT2D eigenvalue weighted by molar-refractivity contribution is 7.99. The molecule has 1 fully saturated rings. The van der Waals surface area contributed by atoms with Gasteiger partial charge in [-0.3, -0.25) is 14.2 Å². The lowest BCUT2D eigenvalue weighted by molar-refractivity contribution is -0.132. The molecule has 3 aromatic rings. The lowest BCUT2D eigenvalue weighted by Gasteiger charge is -2.35. The van der Waals surface area contributed by atoms with E-state index in [1.807, 2.05) is 47.4 Å². The number of para-hydroxylation sites is 3. The van der Waals surface area contributed by atoms with Gasteiger partial charge in [-0.25, -0.2) is 4.98 Å². The molecule has 6 nitrogen and oxygen atoms in total. The minimum atomic E-state index is -0.172. The van der Waals surface area contributed by atoms with Crippen LogP contribution in [0.1, 0.15) is 32.6 Å². The van der Waals surface area contributed by atoms with E-state index in [1.165, 1.54) is 18.2 Å². The van der Waals surface area contributed by atoms with Crippen LogP contribution in [0.3, 0.4) is 0 Å². The summed E-state index contributed by atoms with van der Waals surface area (Å²) < 4.78 is 7.06. The second kappa shape index (κ2) is 9.56. The summed E-state index contributed by atoms with van der Waals surface area (Å²) in [6.45, 7) is 2.94. The molecular formula is C24H27N3O3S. The van der Waals surface area contributed by atoms with E-state index < -0.39 is 0 Å². The van der Waals surface area contributed by atoms with Crippen molar-refractivity contribution in [2.75, 3.05) is 19.4 Å². The number of aromatic nitrogens is 2. The molecule has 1 saturated heterocycles. The van der Waals surface area contributed by atoms with E-state index in [0.29, 0.717) is 33.5 Å². The van der Waals surface area contributed by atoms with E-state index in [4.69, 9.17) is 9.72 Å². The van der Waals surface area contributed by atoms with Crippen LogP contribution < -0.4 is 10.3 Å². The van der Waals surface area contributed by atoms with Crippen LogP contribution in [-0.2, 0) is 4.79 Å². The van der Waals surface area contributed by atoms with Crippen molar-refractivity contribution in [3.8, 4) is 11.4 Å². The predicted octanol–water partition coefficient (Wildman–Crippen LogP) is 4.28. The number of hydrogen-bond acceptors (Lipinski definition) is 5. The molecule has 0 N–H and O–H groups in total. The third-order valence-electron chi connectivity index (χ3n) is 5.81. The number of methoxy groups -OCH3 is 1. The standard InChI is InChI=1S/C24H27N3O3S/c1-3-17-10-8-9-15-26(17)22(28)16-31-24-25-19-12-5-4-11-18(19)23(29)27(24)20-13-6-7-14-21(20)30-2/h4-7,11-14,17H,3,8-10,15-16H2,1-2H3. The van der Waals surface area contributed by atoms with Gasteiger partial charge in [-0.05, 0) is 49.9 Å². The fourth-order valence-electron chi connectivity index (χ4n) is 4.20. The third-order valence-corrected chi connectivity index (χ3v) is 6.74. The molecule has 0 saturated carbocycles. The molecule has 0 radical (unpaired) electrons. The molecule has 162 valence electrons. The summed E-state index contributed by atoms with van der Waals surface area (Å²) in [4.78, 5) is 33.2. The third kappa shape index (κ3) is 4.32. The second-order valence-electron chi connectivity index (χ2n) is 7.66. The van der Waals surface area contributed by atoms with Gasteiger partial charge in [0.05, 0.1) is 29.5 Å². The van der Waals surface area contributed by atoms with Gasteiger partial charge in [0.15, 0.2) is 5.16 Å². The van der Waals surface area contributed by atoms with E-state index >= 15 is 0 Å². The van der Waals surface area contributed by atoms with Crippen LogP contribution in [-0.4, -0.2) is 45.8 Å².